The highest BCUT2D eigenvalue weighted by molar-refractivity contribution is 6.10. The number of nitrogens with two attached hydrogens (primary N) is 1. The fourth-order valence-corrected chi connectivity index (χ4v) is 4.67. The predicted octanol–water partition coefficient (Wildman–Crippen LogP) is 5.02. The fourth-order valence-electron chi connectivity index (χ4n) is 4.67. The van der Waals surface area contributed by atoms with Gasteiger partial charge >= 0.3 is 6.09 Å². The van der Waals surface area contributed by atoms with E-state index in [0.29, 0.717) is 5.56 Å². The van der Waals surface area contributed by atoms with Crippen LogP contribution < -0.4 is 11.1 Å². The number of phenols is 1. The van der Waals surface area contributed by atoms with Crippen molar-refractivity contribution in [1.29, 1.82) is 0 Å². The number of carbonyl (C=O) groups is 2. The van der Waals surface area contributed by atoms with Gasteiger partial charge in [-0.25, -0.2) is 4.79 Å². The molecule has 0 bridgehead atoms. The van der Waals surface area contributed by atoms with Crippen molar-refractivity contribution in [2.24, 2.45) is 11.7 Å². The average Bonchev–Trinajstić information content (AvgIpc) is 3.65. The maximum atomic E-state index is 13.2. The Balaban J connectivity index is 1.60. The number of hydrogen-bond acceptors (Lipinski definition) is 6. The average molecular weight is 446 g/mol. The molecule has 1 amide bonds. The highest BCUT2D eigenvalue weighted by Crippen LogP contribution is 2.39. The zero-order valence-electron chi connectivity index (χ0n) is 18.3. The Morgan fingerprint density at radius 2 is 1.73 bits per heavy atom. The van der Waals surface area contributed by atoms with Crippen molar-refractivity contribution >= 4 is 28.5 Å². The van der Waals surface area contributed by atoms with E-state index >= 15 is 0 Å². The number of nitrogens with zero attached hydrogens (tertiary/aromatic N) is 1. The third-order valence-corrected chi connectivity index (χ3v) is 6.58. The second-order valence-electron chi connectivity index (χ2n) is 8.97. The number of phenolic OH excluding ortho intramolecular Hbond substituents is 1. The molecule has 1 heterocycles. The summed E-state index contributed by atoms with van der Waals surface area (Å²) in [5.41, 5.74) is 9.32. The number of amides is 1. The topological polar surface area (TPSA) is 115 Å². The van der Waals surface area contributed by atoms with Gasteiger partial charge in [-0.1, -0.05) is 24.6 Å². The molecule has 2 saturated carbocycles. The van der Waals surface area contributed by atoms with Gasteiger partial charge in [0.2, 0.25) is 0 Å². The molecular weight excluding hydrogens is 418 g/mol. The van der Waals surface area contributed by atoms with Crippen LogP contribution in [-0.4, -0.2) is 34.1 Å². The van der Waals surface area contributed by atoms with Gasteiger partial charge in [-0.15, -0.1) is 0 Å². The number of anilines is 1. The third kappa shape index (κ3) is 4.49. The van der Waals surface area contributed by atoms with E-state index in [9.17, 15) is 14.7 Å². The van der Waals surface area contributed by atoms with Gasteiger partial charge in [0, 0.05) is 17.5 Å². The van der Waals surface area contributed by atoms with Crippen molar-refractivity contribution in [2.45, 2.75) is 50.7 Å². The van der Waals surface area contributed by atoms with Crippen LogP contribution in [0.2, 0.25) is 0 Å². The Morgan fingerprint density at radius 3 is 2.45 bits per heavy atom. The molecule has 2 aliphatic carbocycles. The Labute approximate surface area is 192 Å². The fraction of sp³-hybridized carbons (Fsp3) is 0.346. The Morgan fingerprint density at radius 1 is 1.00 bits per heavy atom. The number of carbonyl (C=O) groups excluding carboxylic acids is 2. The molecule has 4 N–H and O–H groups in total. The van der Waals surface area contributed by atoms with Gasteiger partial charge in [0.1, 0.15) is 11.9 Å². The predicted molar refractivity (Wildman–Crippen MR) is 126 cm³/mol. The van der Waals surface area contributed by atoms with E-state index in [4.69, 9.17) is 10.5 Å². The second kappa shape index (κ2) is 8.73. The van der Waals surface area contributed by atoms with Crippen molar-refractivity contribution in [3.63, 3.8) is 0 Å². The quantitative estimate of drug-likeness (QED) is 0.459. The summed E-state index contributed by atoms with van der Waals surface area (Å²) in [4.78, 5) is 29.2. The van der Waals surface area contributed by atoms with Gasteiger partial charge in [-0.2, -0.15) is 0 Å². The molecule has 1 aromatic heterocycles. The molecule has 170 valence electrons. The van der Waals surface area contributed by atoms with Crippen molar-refractivity contribution in [2.75, 3.05) is 5.32 Å². The van der Waals surface area contributed by atoms with Crippen molar-refractivity contribution in [1.82, 2.24) is 4.98 Å². The maximum absolute atomic E-state index is 13.2. The number of aromatic hydroxyl groups is 1. The molecule has 2 unspecified atom stereocenters. The van der Waals surface area contributed by atoms with Gasteiger partial charge in [0.05, 0.1) is 22.8 Å². The minimum absolute atomic E-state index is 0.0501. The lowest BCUT2D eigenvalue weighted by Gasteiger charge is -2.32. The molecule has 3 aromatic rings. The van der Waals surface area contributed by atoms with Crippen molar-refractivity contribution in [3.05, 3.63) is 54.2 Å². The van der Waals surface area contributed by atoms with Gasteiger partial charge in [-0.3, -0.25) is 9.78 Å². The first-order valence-electron chi connectivity index (χ1n) is 11.5. The lowest BCUT2D eigenvalue weighted by Crippen LogP contribution is -2.41. The SMILES string of the molecule is NC(=O)OC1CCCCC1Nc1c(C(=O)C2CC2)cnc2ccc(-c3ccc(O)cc3)cc12. The second-order valence-corrected chi connectivity index (χ2v) is 8.97. The molecule has 7 nitrogen and oxygen atoms in total. The Bertz CT molecular complexity index is 1200. The lowest BCUT2D eigenvalue weighted by atomic mass is 9.91. The Hall–Kier alpha value is -3.61. The number of ether oxygens (including phenoxy) is 1. The molecule has 2 aromatic carbocycles. The third-order valence-electron chi connectivity index (χ3n) is 6.58. The number of ketones is 1. The van der Waals surface area contributed by atoms with Crippen LogP contribution in [0, 0.1) is 5.92 Å². The van der Waals surface area contributed by atoms with Crippen LogP contribution in [0.15, 0.2) is 48.7 Å². The number of Topliss-reactive ketones (excluding diaryl/α,β-unsaturated/α-hetero) is 1. The van der Waals surface area contributed by atoms with Gasteiger partial charge < -0.3 is 20.9 Å². The molecule has 5 rings (SSSR count). The Kier molecular flexibility index (Phi) is 5.62. The van der Waals surface area contributed by atoms with Crippen LogP contribution in [0.25, 0.3) is 22.0 Å². The molecule has 33 heavy (non-hydrogen) atoms. The molecule has 0 aliphatic heterocycles. The summed E-state index contributed by atoms with van der Waals surface area (Å²) >= 11 is 0. The molecule has 2 atom stereocenters. The number of pyridine rings is 1. The molecule has 2 aliphatic rings. The molecule has 0 radical (unpaired) electrons. The van der Waals surface area contributed by atoms with E-state index < -0.39 is 6.09 Å². The van der Waals surface area contributed by atoms with Crippen LogP contribution in [0.5, 0.6) is 5.75 Å². The smallest absolute Gasteiger partial charge is 0.404 e. The minimum Gasteiger partial charge on any atom is -0.508 e. The first-order valence-corrected chi connectivity index (χ1v) is 11.5. The number of nitrogens with one attached hydrogen (secondary N) is 1. The molecule has 7 heteroatoms. The van der Waals surface area contributed by atoms with Crippen molar-refractivity contribution < 1.29 is 19.4 Å². The lowest BCUT2D eigenvalue weighted by molar-refractivity contribution is 0.0744. The summed E-state index contributed by atoms with van der Waals surface area (Å²) in [6.07, 6.45) is 5.86. The summed E-state index contributed by atoms with van der Waals surface area (Å²) in [7, 11) is 0. The molecular formula is C26H27N3O4. The first kappa shape index (κ1) is 21.2. The summed E-state index contributed by atoms with van der Waals surface area (Å²) in [5, 5.41) is 14.1. The summed E-state index contributed by atoms with van der Waals surface area (Å²) < 4.78 is 5.40. The summed E-state index contributed by atoms with van der Waals surface area (Å²) in [5.74, 6) is 0.359. The van der Waals surface area contributed by atoms with E-state index in [-0.39, 0.29) is 29.6 Å². The number of aromatic nitrogens is 1. The largest absolute Gasteiger partial charge is 0.508 e. The first-order chi connectivity index (χ1) is 16.0. The highest BCUT2D eigenvalue weighted by Gasteiger charge is 2.34. The molecule has 0 spiro atoms. The van der Waals surface area contributed by atoms with Crippen LogP contribution in [-0.2, 0) is 4.74 Å². The van der Waals surface area contributed by atoms with E-state index in [1.165, 1.54) is 0 Å². The van der Waals surface area contributed by atoms with E-state index in [0.717, 1.165) is 66.2 Å². The number of hydrogen-bond donors (Lipinski definition) is 3. The zero-order chi connectivity index (χ0) is 22.9. The number of fused-ring (bicyclic) bond motifs is 1. The zero-order valence-corrected chi connectivity index (χ0v) is 18.3. The number of primary amides is 1. The van der Waals surface area contributed by atoms with E-state index in [2.05, 4.69) is 10.3 Å². The van der Waals surface area contributed by atoms with Crippen LogP contribution >= 0.6 is 0 Å². The normalized spacial score (nSPS) is 20.4. The highest BCUT2D eigenvalue weighted by atomic mass is 16.6. The van der Waals surface area contributed by atoms with E-state index in [1.807, 2.05) is 30.3 Å². The standard InChI is InChI=1S/C26H27N3O4/c27-26(32)33-23-4-2-1-3-22(23)29-24-19-13-17(15-7-10-18(30)11-8-15)9-12-21(19)28-14-20(24)25(31)16-5-6-16/h7-14,16,22-23,30H,1-6H2,(H2,27,32)(H,28,29). The van der Waals surface area contributed by atoms with Crippen LogP contribution in [0.3, 0.4) is 0 Å². The number of benzene rings is 2. The monoisotopic (exact) mass is 445 g/mol. The molecule has 0 saturated heterocycles. The van der Waals surface area contributed by atoms with Gasteiger partial charge in [-0.05, 0) is 67.5 Å². The van der Waals surface area contributed by atoms with Crippen LogP contribution in [0.4, 0.5) is 10.5 Å². The summed E-state index contributed by atoms with van der Waals surface area (Å²) in [6.45, 7) is 0. The minimum atomic E-state index is -0.780. The molecule has 2 fully saturated rings. The van der Waals surface area contributed by atoms with Crippen LogP contribution in [0.1, 0.15) is 48.9 Å². The maximum Gasteiger partial charge on any atom is 0.404 e. The van der Waals surface area contributed by atoms with E-state index in [1.54, 1.807) is 18.3 Å². The van der Waals surface area contributed by atoms with Gasteiger partial charge in [0.25, 0.3) is 0 Å². The van der Waals surface area contributed by atoms with Gasteiger partial charge in [0.15, 0.2) is 5.78 Å². The number of rotatable bonds is 6. The summed E-state index contributed by atoms with van der Waals surface area (Å²) in [6, 6.07) is 12.8. The van der Waals surface area contributed by atoms with Crippen molar-refractivity contribution in [3.8, 4) is 16.9 Å².